The fourth-order valence-corrected chi connectivity index (χ4v) is 2.63. The number of methoxy groups -OCH3 is 2. The van der Waals surface area contributed by atoms with Gasteiger partial charge < -0.3 is 20.1 Å². The topological polar surface area (TPSA) is 68.0 Å². The molecule has 21 heavy (non-hydrogen) atoms. The van der Waals surface area contributed by atoms with Crippen molar-refractivity contribution in [3.8, 4) is 5.75 Å². The predicted molar refractivity (Wildman–Crippen MR) is 81.6 cm³/mol. The first-order valence-electron chi connectivity index (χ1n) is 7.10. The molecule has 1 aromatic carbocycles. The molecule has 1 saturated heterocycles. The highest BCUT2D eigenvalue weighted by Gasteiger charge is 2.28. The van der Waals surface area contributed by atoms with Gasteiger partial charge in [0.15, 0.2) is 0 Å². The number of carbonyl (C=O) groups is 1. The van der Waals surface area contributed by atoms with Crippen LogP contribution in [0.3, 0.4) is 0 Å². The van der Waals surface area contributed by atoms with E-state index in [-0.39, 0.29) is 18.6 Å². The molecule has 6 nitrogen and oxygen atoms in total. The third kappa shape index (κ3) is 3.65. The lowest BCUT2D eigenvalue weighted by atomic mass is 10.2. The van der Waals surface area contributed by atoms with Gasteiger partial charge in [-0.05, 0) is 12.1 Å². The molecule has 1 heterocycles. The molecule has 2 N–H and O–H groups in total. The number of ether oxygens (including phenoxy) is 2. The number of anilines is 1. The second-order valence-corrected chi connectivity index (χ2v) is 5.00. The van der Waals surface area contributed by atoms with E-state index in [1.807, 2.05) is 18.2 Å². The largest absolute Gasteiger partial charge is 0.497 e. The summed E-state index contributed by atoms with van der Waals surface area (Å²) < 4.78 is 10.1. The average molecular weight is 293 g/mol. The average Bonchev–Trinajstić information content (AvgIpc) is 2.56. The lowest BCUT2D eigenvalue weighted by Crippen LogP contribution is -2.55. The van der Waals surface area contributed by atoms with Gasteiger partial charge in [0.1, 0.15) is 11.8 Å². The summed E-state index contributed by atoms with van der Waals surface area (Å²) in [5.74, 6) is 0.594. The SMILES string of the molecule is COC(=O)C(CN)N1CCN(c2cccc(OC)c2)CC1. The van der Waals surface area contributed by atoms with E-state index in [1.54, 1.807) is 7.11 Å². The maximum Gasteiger partial charge on any atom is 0.324 e. The lowest BCUT2D eigenvalue weighted by Gasteiger charge is -2.38. The van der Waals surface area contributed by atoms with Gasteiger partial charge in [0.05, 0.1) is 14.2 Å². The molecule has 0 saturated carbocycles. The summed E-state index contributed by atoms with van der Waals surface area (Å²) in [7, 11) is 3.07. The number of nitrogens with two attached hydrogens (primary N) is 1. The molecule has 1 atom stereocenters. The van der Waals surface area contributed by atoms with Crippen LogP contribution in [0, 0.1) is 0 Å². The number of hydrogen-bond acceptors (Lipinski definition) is 6. The van der Waals surface area contributed by atoms with Gasteiger partial charge in [-0.25, -0.2) is 0 Å². The number of rotatable bonds is 5. The summed E-state index contributed by atoms with van der Waals surface area (Å²) in [5, 5.41) is 0. The molecule has 1 aliphatic heterocycles. The van der Waals surface area contributed by atoms with Crippen molar-refractivity contribution in [3.63, 3.8) is 0 Å². The van der Waals surface area contributed by atoms with E-state index in [0.717, 1.165) is 37.6 Å². The molecule has 1 aromatic rings. The van der Waals surface area contributed by atoms with Crippen LogP contribution < -0.4 is 15.4 Å². The van der Waals surface area contributed by atoms with Crippen molar-refractivity contribution in [2.45, 2.75) is 6.04 Å². The number of carbonyl (C=O) groups excluding carboxylic acids is 1. The quantitative estimate of drug-likeness (QED) is 0.789. The molecule has 2 rings (SSSR count). The van der Waals surface area contributed by atoms with E-state index in [0.29, 0.717) is 0 Å². The number of nitrogens with zero attached hydrogens (tertiary/aromatic N) is 2. The smallest absolute Gasteiger partial charge is 0.324 e. The van der Waals surface area contributed by atoms with E-state index in [2.05, 4.69) is 15.9 Å². The summed E-state index contributed by atoms with van der Waals surface area (Å²) in [5.41, 5.74) is 6.83. The second kappa shape index (κ2) is 7.28. The molecule has 0 bridgehead atoms. The fourth-order valence-electron chi connectivity index (χ4n) is 2.63. The van der Waals surface area contributed by atoms with E-state index < -0.39 is 0 Å². The zero-order chi connectivity index (χ0) is 15.2. The van der Waals surface area contributed by atoms with E-state index >= 15 is 0 Å². The Kier molecular flexibility index (Phi) is 5.41. The minimum Gasteiger partial charge on any atom is -0.497 e. The van der Waals surface area contributed by atoms with Crippen molar-refractivity contribution >= 4 is 11.7 Å². The first-order valence-corrected chi connectivity index (χ1v) is 7.10. The van der Waals surface area contributed by atoms with Crippen molar-refractivity contribution in [2.24, 2.45) is 5.73 Å². The van der Waals surface area contributed by atoms with Crippen LogP contribution in [0.1, 0.15) is 0 Å². The molecule has 1 fully saturated rings. The van der Waals surface area contributed by atoms with Crippen LogP contribution in [0.15, 0.2) is 24.3 Å². The Hall–Kier alpha value is -1.79. The molecular formula is C15H23N3O3. The van der Waals surface area contributed by atoms with Crippen molar-refractivity contribution in [2.75, 3.05) is 51.8 Å². The highest BCUT2D eigenvalue weighted by atomic mass is 16.5. The third-order valence-corrected chi connectivity index (χ3v) is 3.87. The Balaban J connectivity index is 1.97. The van der Waals surface area contributed by atoms with Gasteiger partial charge in [-0.15, -0.1) is 0 Å². The van der Waals surface area contributed by atoms with Gasteiger partial charge in [-0.1, -0.05) is 6.07 Å². The first-order chi connectivity index (χ1) is 10.2. The molecule has 0 spiro atoms. The molecular weight excluding hydrogens is 270 g/mol. The number of benzene rings is 1. The Bertz CT molecular complexity index is 473. The zero-order valence-electron chi connectivity index (χ0n) is 12.6. The van der Waals surface area contributed by atoms with Gasteiger partial charge in [0, 0.05) is 44.5 Å². The van der Waals surface area contributed by atoms with Crippen molar-refractivity contribution in [3.05, 3.63) is 24.3 Å². The third-order valence-electron chi connectivity index (χ3n) is 3.87. The fraction of sp³-hybridized carbons (Fsp3) is 0.533. The molecule has 0 amide bonds. The minimum absolute atomic E-state index is 0.257. The van der Waals surface area contributed by atoms with Crippen LogP contribution in [0.2, 0.25) is 0 Å². The Morgan fingerprint density at radius 3 is 2.57 bits per heavy atom. The molecule has 116 valence electrons. The number of piperazine rings is 1. The summed E-state index contributed by atoms with van der Waals surface area (Å²) in [6.45, 7) is 3.55. The van der Waals surface area contributed by atoms with Gasteiger partial charge >= 0.3 is 5.97 Å². The maximum absolute atomic E-state index is 11.7. The van der Waals surface area contributed by atoms with Gasteiger partial charge in [0.25, 0.3) is 0 Å². The van der Waals surface area contributed by atoms with Crippen molar-refractivity contribution < 1.29 is 14.3 Å². The maximum atomic E-state index is 11.7. The zero-order valence-corrected chi connectivity index (χ0v) is 12.6. The van der Waals surface area contributed by atoms with Gasteiger partial charge in [-0.2, -0.15) is 0 Å². The van der Waals surface area contributed by atoms with Crippen LogP contribution in [0.25, 0.3) is 0 Å². The van der Waals surface area contributed by atoms with Crippen molar-refractivity contribution in [1.29, 1.82) is 0 Å². The van der Waals surface area contributed by atoms with Crippen LogP contribution in [-0.4, -0.2) is 63.9 Å². The van der Waals surface area contributed by atoms with Crippen LogP contribution in [0.5, 0.6) is 5.75 Å². The Morgan fingerprint density at radius 2 is 2.00 bits per heavy atom. The highest BCUT2D eigenvalue weighted by molar-refractivity contribution is 5.76. The second-order valence-electron chi connectivity index (χ2n) is 5.00. The normalized spacial score (nSPS) is 17.4. The Morgan fingerprint density at radius 1 is 1.29 bits per heavy atom. The van der Waals surface area contributed by atoms with E-state index in [4.69, 9.17) is 15.2 Å². The van der Waals surface area contributed by atoms with Crippen molar-refractivity contribution in [1.82, 2.24) is 4.90 Å². The van der Waals surface area contributed by atoms with Gasteiger partial charge in [0.2, 0.25) is 0 Å². The lowest BCUT2D eigenvalue weighted by molar-refractivity contribution is -0.146. The summed E-state index contributed by atoms with van der Waals surface area (Å²) in [6.07, 6.45) is 0. The van der Waals surface area contributed by atoms with Gasteiger partial charge in [-0.3, -0.25) is 9.69 Å². The standard InChI is InChI=1S/C15H23N3O3/c1-20-13-5-3-4-12(10-13)17-6-8-18(9-7-17)14(11-16)15(19)21-2/h3-5,10,14H,6-9,11,16H2,1-2H3. The Labute approximate surface area is 125 Å². The highest BCUT2D eigenvalue weighted by Crippen LogP contribution is 2.22. The molecule has 0 aromatic heterocycles. The molecule has 1 unspecified atom stereocenters. The minimum atomic E-state index is -0.345. The molecule has 0 aliphatic carbocycles. The summed E-state index contributed by atoms with van der Waals surface area (Å²) in [4.78, 5) is 16.1. The predicted octanol–water partition coefficient (Wildman–Crippen LogP) is 0.318. The number of esters is 1. The van der Waals surface area contributed by atoms with Crippen LogP contribution in [-0.2, 0) is 9.53 Å². The number of hydrogen-bond donors (Lipinski definition) is 1. The van der Waals surface area contributed by atoms with Crippen LogP contribution in [0.4, 0.5) is 5.69 Å². The van der Waals surface area contributed by atoms with E-state index in [9.17, 15) is 4.79 Å². The summed E-state index contributed by atoms with van der Waals surface area (Å²) in [6, 6.07) is 7.66. The molecule has 1 aliphatic rings. The molecule has 6 heteroatoms. The monoisotopic (exact) mass is 293 g/mol. The van der Waals surface area contributed by atoms with Crippen LogP contribution >= 0.6 is 0 Å². The van der Waals surface area contributed by atoms with E-state index in [1.165, 1.54) is 7.11 Å². The molecule has 0 radical (unpaired) electrons. The first kappa shape index (κ1) is 15.6. The summed E-state index contributed by atoms with van der Waals surface area (Å²) >= 11 is 0.